The van der Waals surface area contributed by atoms with Gasteiger partial charge in [0.25, 0.3) is 0 Å². The summed E-state index contributed by atoms with van der Waals surface area (Å²) >= 11 is 0. The number of fused-ring (bicyclic) bond motifs is 1. The Labute approximate surface area is 237 Å². The third-order valence-corrected chi connectivity index (χ3v) is 7.35. The van der Waals surface area contributed by atoms with Crippen LogP contribution >= 0.6 is 0 Å². The van der Waals surface area contributed by atoms with Crippen molar-refractivity contribution in [2.24, 2.45) is 0 Å². The number of benzene rings is 3. The van der Waals surface area contributed by atoms with Gasteiger partial charge < -0.3 is 14.7 Å². The summed E-state index contributed by atoms with van der Waals surface area (Å²) in [4.78, 5) is 16.9. The second-order valence-corrected chi connectivity index (χ2v) is 11.1. The zero-order valence-corrected chi connectivity index (χ0v) is 24.6. The van der Waals surface area contributed by atoms with Gasteiger partial charge in [0.2, 0.25) is 0 Å². The van der Waals surface area contributed by atoms with Crippen molar-refractivity contribution < 1.29 is 14.6 Å². The average molecular weight is 541 g/mol. The maximum Gasteiger partial charge on any atom is 0.336 e. The van der Waals surface area contributed by atoms with Crippen LogP contribution in [0.15, 0.2) is 60.7 Å². The van der Waals surface area contributed by atoms with E-state index in [1.54, 1.807) is 23.0 Å². The van der Waals surface area contributed by atoms with Crippen molar-refractivity contribution in [1.29, 1.82) is 0 Å². The quantitative estimate of drug-likeness (QED) is 0.135. The summed E-state index contributed by atoms with van der Waals surface area (Å²) in [7, 11) is 0. The van der Waals surface area contributed by atoms with E-state index in [4.69, 9.17) is 14.9 Å². The van der Waals surface area contributed by atoms with Gasteiger partial charge in [0, 0.05) is 42.0 Å². The van der Waals surface area contributed by atoms with Gasteiger partial charge in [-0.05, 0) is 73.6 Å². The van der Waals surface area contributed by atoms with E-state index in [-0.39, 0.29) is 17.1 Å². The Hall–Kier alpha value is -4.13. The lowest BCUT2D eigenvalue weighted by atomic mass is 9.83. The van der Waals surface area contributed by atoms with E-state index < -0.39 is 5.97 Å². The number of hydrogen-bond donors (Lipinski definition) is 1. The first-order chi connectivity index (χ1) is 19.0. The molecule has 1 N–H and O–H groups in total. The number of anilines is 1. The van der Waals surface area contributed by atoms with Crippen molar-refractivity contribution in [3.8, 4) is 17.2 Å². The number of nitrogens with zero attached hydrogens (tertiary/aromatic N) is 4. The molecule has 210 valence electrons. The maximum absolute atomic E-state index is 13.2. The third kappa shape index (κ3) is 6.19. The lowest BCUT2D eigenvalue weighted by Gasteiger charge is -2.25. The Morgan fingerprint density at radius 1 is 1.02 bits per heavy atom. The number of rotatable bonds is 9. The van der Waals surface area contributed by atoms with Crippen LogP contribution in [0.3, 0.4) is 0 Å². The van der Waals surface area contributed by atoms with Crippen LogP contribution in [0.4, 0.5) is 5.69 Å². The predicted octanol–water partition coefficient (Wildman–Crippen LogP) is 7.40. The summed E-state index contributed by atoms with van der Waals surface area (Å²) in [5.74, 6) is 0.141. The van der Waals surface area contributed by atoms with Gasteiger partial charge in [0.15, 0.2) is 5.75 Å². The first-order valence-corrected chi connectivity index (χ1v) is 14.0. The summed E-state index contributed by atoms with van der Waals surface area (Å²) in [5, 5.41) is 20.0. The standard InChI is InChI=1S/C33H40N4O3/c1-8-22(4)26-19-24(33(5,6)7)20-29(37-34-27-13-11-12-14-28(27)35-37)32(26)40-31(39)18-16-23-15-17-25(21-30(23)38)36(9-2)10-3/h11-22,38H,8-10H2,1-7H3. The fraction of sp³-hybridized carbons (Fsp3) is 0.364. The third-order valence-electron chi connectivity index (χ3n) is 7.35. The second kappa shape index (κ2) is 11.9. The molecular weight excluding hydrogens is 500 g/mol. The number of carbonyl (C=O) groups excluding carboxylic acids is 1. The van der Waals surface area contributed by atoms with Crippen molar-refractivity contribution in [2.45, 2.75) is 66.2 Å². The van der Waals surface area contributed by atoms with Crippen LogP contribution in [-0.2, 0) is 10.2 Å². The summed E-state index contributed by atoms with van der Waals surface area (Å²) in [5.41, 5.74) is 5.51. The Morgan fingerprint density at radius 3 is 2.23 bits per heavy atom. The van der Waals surface area contributed by atoms with Crippen LogP contribution < -0.4 is 9.64 Å². The Morgan fingerprint density at radius 2 is 1.68 bits per heavy atom. The van der Waals surface area contributed by atoms with E-state index in [9.17, 15) is 9.90 Å². The minimum absolute atomic E-state index is 0.108. The highest BCUT2D eigenvalue weighted by Gasteiger charge is 2.25. The van der Waals surface area contributed by atoms with E-state index >= 15 is 0 Å². The van der Waals surface area contributed by atoms with Gasteiger partial charge in [-0.3, -0.25) is 0 Å². The molecule has 1 atom stereocenters. The summed E-state index contributed by atoms with van der Waals surface area (Å²) in [6.07, 6.45) is 3.80. The van der Waals surface area contributed by atoms with Gasteiger partial charge in [-0.1, -0.05) is 52.8 Å². The molecule has 0 amide bonds. The van der Waals surface area contributed by atoms with Gasteiger partial charge in [-0.15, -0.1) is 15.0 Å². The highest BCUT2D eigenvalue weighted by Crippen LogP contribution is 2.39. The number of esters is 1. The summed E-state index contributed by atoms with van der Waals surface area (Å²) < 4.78 is 6.06. The number of phenols is 1. The summed E-state index contributed by atoms with van der Waals surface area (Å²) in [6, 6.07) is 17.3. The molecular formula is C33H40N4O3. The van der Waals surface area contributed by atoms with Gasteiger partial charge in [-0.2, -0.15) is 0 Å². The second-order valence-electron chi connectivity index (χ2n) is 11.1. The SMILES string of the molecule is CCC(C)c1cc(C(C)(C)C)cc(-n2nc3ccccc3n2)c1OC(=O)C=Cc1ccc(N(CC)CC)cc1O. The largest absolute Gasteiger partial charge is 0.507 e. The molecule has 1 heterocycles. The molecule has 0 fully saturated rings. The molecule has 0 radical (unpaired) electrons. The first-order valence-electron chi connectivity index (χ1n) is 14.0. The van der Waals surface area contributed by atoms with Crippen LogP contribution in [0.5, 0.6) is 11.5 Å². The topological polar surface area (TPSA) is 80.5 Å². The smallest absolute Gasteiger partial charge is 0.336 e. The van der Waals surface area contributed by atoms with E-state index in [0.717, 1.165) is 47.4 Å². The van der Waals surface area contributed by atoms with Crippen LogP contribution in [0.25, 0.3) is 22.8 Å². The molecule has 0 saturated heterocycles. The van der Waals surface area contributed by atoms with Crippen molar-refractivity contribution in [3.63, 3.8) is 0 Å². The molecule has 3 aromatic carbocycles. The fourth-order valence-corrected chi connectivity index (χ4v) is 4.63. The van der Waals surface area contributed by atoms with E-state index in [0.29, 0.717) is 17.0 Å². The van der Waals surface area contributed by atoms with E-state index in [1.807, 2.05) is 36.4 Å². The lowest BCUT2D eigenvalue weighted by Crippen LogP contribution is -2.21. The monoisotopic (exact) mass is 540 g/mol. The van der Waals surface area contributed by atoms with Gasteiger partial charge in [-0.25, -0.2) is 4.79 Å². The normalized spacial score (nSPS) is 12.7. The highest BCUT2D eigenvalue weighted by atomic mass is 16.5. The number of phenolic OH excluding ortho intramolecular Hbond substituents is 1. The molecule has 40 heavy (non-hydrogen) atoms. The molecule has 1 unspecified atom stereocenters. The van der Waals surface area contributed by atoms with Gasteiger partial charge in [0.05, 0.1) is 0 Å². The molecule has 1 aromatic heterocycles. The van der Waals surface area contributed by atoms with Crippen molar-refractivity contribution >= 4 is 28.8 Å². The minimum Gasteiger partial charge on any atom is -0.507 e. The van der Waals surface area contributed by atoms with Gasteiger partial charge in [0.1, 0.15) is 22.5 Å². The Kier molecular flexibility index (Phi) is 8.62. The molecule has 4 aromatic rings. The zero-order valence-electron chi connectivity index (χ0n) is 24.6. The van der Waals surface area contributed by atoms with Crippen molar-refractivity contribution in [1.82, 2.24) is 15.0 Å². The first kappa shape index (κ1) is 28.9. The number of aromatic nitrogens is 3. The fourth-order valence-electron chi connectivity index (χ4n) is 4.63. The Bertz CT molecular complexity index is 1490. The molecule has 0 aliphatic heterocycles. The molecule has 7 heteroatoms. The molecule has 0 bridgehead atoms. The highest BCUT2D eigenvalue weighted by molar-refractivity contribution is 5.90. The molecule has 0 aliphatic carbocycles. The Balaban J connectivity index is 1.75. The number of carbonyl (C=O) groups is 1. The number of hydrogen-bond acceptors (Lipinski definition) is 6. The van der Waals surface area contributed by atoms with Crippen LogP contribution in [0.1, 0.15) is 77.5 Å². The van der Waals surface area contributed by atoms with Crippen molar-refractivity contribution in [2.75, 3.05) is 18.0 Å². The molecule has 0 aliphatic rings. The zero-order chi connectivity index (χ0) is 29.0. The lowest BCUT2D eigenvalue weighted by molar-refractivity contribution is -0.128. The maximum atomic E-state index is 13.2. The van der Waals surface area contributed by atoms with E-state index in [1.165, 1.54) is 6.08 Å². The molecule has 0 saturated carbocycles. The van der Waals surface area contributed by atoms with Crippen molar-refractivity contribution in [3.05, 3.63) is 77.4 Å². The molecule has 7 nitrogen and oxygen atoms in total. The molecule has 4 rings (SSSR count). The van der Waals surface area contributed by atoms with Crippen LogP contribution in [0, 0.1) is 0 Å². The van der Waals surface area contributed by atoms with E-state index in [2.05, 4.69) is 59.4 Å². The van der Waals surface area contributed by atoms with Crippen LogP contribution in [0.2, 0.25) is 0 Å². The average Bonchev–Trinajstić information content (AvgIpc) is 3.36. The van der Waals surface area contributed by atoms with Crippen LogP contribution in [-0.4, -0.2) is 39.2 Å². The minimum atomic E-state index is -0.543. The number of ether oxygens (including phenoxy) is 1. The molecule has 0 spiro atoms. The summed E-state index contributed by atoms with van der Waals surface area (Å²) in [6.45, 7) is 16.5. The van der Waals surface area contributed by atoms with Gasteiger partial charge >= 0.3 is 5.97 Å². The number of aromatic hydroxyl groups is 1. The predicted molar refractivity (Wildman–Crippen MR) is 163 cm³/mol.